The molecule has 0 saturated carbocycles. The van der Waals surface area contributed by atoms with Gasteiger partial charge in [-0.1, -0.05) is 11.6 Å². The van der Waals surface area contributed by atoms with Gasteiger partial charge in [0, 0.05) is 23.4 Å². The average Bonchev–Trinajstić information content (AvgIpc) is 2.54. The molecule has 0 aromatic heterocycles. The van der Waals surface area contributed by atoms with Gasteiger partial charge in [-0.3, -0.25) is 14.9 Å². The smallest absolute Gasteiger partial charge is 0.288 e. The molecule has 2 aromatic rings. The minimum Gasteiger partial charge on any atom is -0.322 e. The van der Waals surface area contributed by atoms with E-state index in [1.807, 2.05) is 0 Å². The van der Waals surface area contributed by atoms with Gasteiger partial charge in [-0.25, -0.2) is 13.1 Å². The Balaban J connectivity index is 2.18. The Morgan fingerprint density at radius 2 is 1.77 bits per heavy atom. The molecule has 0 aliphatic carbocycles. The maximum Gasteiger partial charge on any atom is 0.288 e. The van der Waals surface area contributed by atoms with E-state index in [1.54, 1.807) is 13.8 Å². The van der Waals surface area contributed by atoms with Crippen molar-refractivity contribution in [2.75, 3.05) is 5.32 Å². The fourth-order valence-electron chi connectivity index (χ4n) is 2.09. The summed E-state index contributed by atoms with van der Waals surface area (Å²) in [4.78, 5) is 22.5. The molecule has 2 rings (SSSR count). The summed E-state index contributed by atoms with van der Waals surface area (Å²) < 4.78 is 26.6. The number of benzene rings is 2. The van der Waals surface area contributed by atoms with Gasteiger partial charge in [0.05, 0.1) is 9.82 Å². The molecule has 0 radical (unpaired) electrons. The van der Waals surface area contributed by atoms with Crippen LogP contribution in [0.1, 0.15) is 24.2 Å². The van der Waals surface area contributed by atoms with Crippen LogP contribution in [0.4, 0.5) is 11.4 Å². The maximum atomic E-state index is 12.2. The van der Waals surface area contributed by atoms with E-state index in [0.29, 0.717) is 5.69 Å². The van der Waals surface area contributed by atoms with Crippen LogP contribution in [-0.2, 0) is 10.0 Å². The zero-order chi connectivity index (χ0) is 19.5. The number of nitrogens with zero attached hydrogens (tertiary/aromatic N) is 1. The van der Waals surface area contributed by atoms with Crippen molar-refractivity contribution < 1.29 is 18.1 Å². The van der Waals surface area contributed by atoms with E-state index in [2.05, 4.69) is 10.0 Å². The second kappa shape index (κ2) is 7.81. The van der Waals surface area contributed by atoms with Gasteiger partial charge in [0.15, 0.2) is 0 Å². The Morgan fingerprint density at radius 1 is 1.15 bits per heavy atom. The summed E-state index contributed by atoms with van der Waals surface area (Å²) in [6.45, 7) is 3.41. The van der Waals surface area contributed by atoms with Gasteiger partial charge in [0.1, 0.15) is 5.02 Å². The summed E-state index contributed by atoms with van der Waals surface area (Å²) in [6.07, 6.45) is 0. The number of carbonyl (C=O) groups excluding carboxylic acids is 1. The van der Waals surface area contributed by atoms with Crippen molar-refractivity contribution in [3.63, 3.8) is 0 Å². The number of sulfonamides is 1. The molecule has 2 N–H and O–H groups in total. The lowest BCUT2D eigenvalue weighted by Gasteiger charge is -2.10. The van der Waals surface area contributed by atoms with E-state index >= 15 is 0 Å². The van der Waals surface area contributed by atoms with Crippen LogP contribution in [0, 0.1) is 10.1 Å². The number of amides is 1. The second-order valence-corrected chi connectivity index (χ2v) is 7.80. The number of halogens is 1. The first kappa shape index (κ1) is 19.8. The summed E-state index contributed by atoms with van der Waals surface area (Å²) in [5.41, 5.74) is 0.0240. The number of nitrogens with one attached hydrogen (secondary N) is 2. The monoisotopic (exact) mass is 397 g/mol. The van der Waals surface area contributed by atoms with Crippen molar-refractivity contribution in [3.8, 4) is 0 Å². The van der Waals surface area contributed by atoms with E-state index < -0.39 is 20.9 Å². The molecule has 0 fully saturated rings. The zero-order valence-corrected chi connectivity index (χ0v) is 15.5. The highest BCUT2D eigenvalue weighted by molar-refractivity contribution is 7.89. The third-order valence-corrected chi connectivity index (χ3v) is 5.21. The summed E-state index contributed by atoms with van der Waals surface area (Å²) in [6, 6.07) is 9.00. The molecule has 0 aliphatic heterocycles. The van der Waals surface area contributed by atoms with Gasteiger partial charge >= 0.3 is 0 Å². The van der Waals surface area contributed by atoms with Crippen molar-refractivity contribution in [2.45, 2.75) is 24.8 Å². The number of hydrogen-bond donors (Lipinski definition) is 2. The first-order chi connectivity index (χ1) is 12.1. The van der Waals surface area contributed by atoms with Gasteiger partial charge < -0.3 is 5.32 Å². The van der Waals surface area contributed by atoms with Crippen LogP contribution in [0.5, 0.6) is 0 Å². The van der Waals surface area contributed by atoms with Crippen LogP contribution in [0.2, 0.25) is 5.02 Å². The van der Waals surface area contributed by atoms with Crippen molar-refractivity contribution in [1.29, 1.82) is 0 Å². The number of rotatable bonds is 6. The predicted molar refractivity (Wildman–Crippen MR) is 98.0 cm³/mol. The van der Waals surface area contributed by atoms with Gasteiger partial charge in [0.25, 0.3) is 11.6 Å². The fraction of sp³-hybridized carbons (Fsp3) is 0.188. The molecule has 0 aliphatic rings. The highest BCUT2D eigenvalue weighted by Crippen LogP contribution is 2.25. The molecule has 26 heavy (non-hydrogen) atoms. The third kappa shape index (κ3) is 4.78. The molecule has 0 heterocycles. The van der Waals surface area contributed by atoms with Crippen LogP contribution >= 0.6 is 11.6 Å². The Labute approximate surface area is 155 Å². The zero-order valence-electron chi connectivity index (χ0n) is 13.9. The van der Waals surface area contributed by atoms with Crippen LogP contribution in [0.15, 0.2) is 47.4 Å². The van der Waals surface area contributed by atoms with Crippen LogP contribution in [0.3, 0.4) is 0 Å². The third-order valence-electron chi connectivity index (χ3n) is 3.22. The van der Waals surface area contributed by atoms with Crippen molar-refractivity contribution >= 4 is 38.9 Å². The second-order valence-electron chi connectivity index (χ2n) is 5.68. The number of anilines is 1. The molecule has 0 spiro atoms. The lowest BCUT2D eigenvalue weighted by atomic mass is 10.2. The SMILES string of the molecule is CC(C)NS(=O)(=O)c1ccc(NC(=O)c2ccc(Cl)c([N+](=O)[O-])c2)cc1. The molecular weight excluding hydrogens is 382 g/mol. The van der Waals surface area contributed by atoms with Gasteiger partial charge in [-0.15, -0.1) is 0 Å². The summed E-state index contributed by atoms with van der Waals surface area (Å²) >= 11 is 5.72. The molecule has 10 heteroatoms. The van der Waals surface area contributed by atoms with Crippen LogP contribution in [-0.4, -0.2) is 25.3 Å². The van der Waals surface area contributed by atoms with E-state index in [4.69, 9.17) is 11.6 Å². The quantitative estimate of drug-likeness (QED) is 0.573. The Kier molecular flexibility index (Phi) is 5.96. The minimum atomic E-state index is -3.63. The molecule has 0 atom stereocenters. The Morgan fingerprint density at radius 3 is 2.31 bits per heavy atom. The highest BCUT2D eigenvalue weighted by atomic mass is 35.5. The predicted octanol–water partition coefficient (Wildman–Crippen LogP) is 3.19. The molecule has 0 unspecified atom stereocenters. The number of nitro benzene ring substituents is 1. The molecule has 1 amide bonds. The van der Waals surface area contributed by atoms with E-state index in [-0.39, 0.29) is 27.2 Å². The van der Waals surface area contributed by atoms with Crippen LogP contribution < -0.4 is 10.0 Å². The van der Waals surface area contributed by atoms with E-state index in [0.717, 1.165) is 6.07 Å². The van der Waals surface area contributed by atoms with Gasteiger partial charge in [0.2, 0.25) is 10.0 Å². The summed E-state index contributed by atoms with van der Waals surface area (Å²) in [5.74, 6) is -0.583. The molecule has 138 valence electrons. The maximum absolute atomic E-state index is 12.2. The van der Waals surface area contributed by atoms with Crippen molar-refractivity contribution in [2.24, 2.45) is 0 Å². The normalized spacial score (nSPS) is 11.4. The number of carbonyl (C=O) groups is 1. The summed E-state index contributed by atoms with van der Waals surface area (Å²) in [7, 11) is -3.63. The molecule has 0 bridgehead atoms. The lowest BCUT2D eigenvalue weighted by molar-refractivity contribution is -0.384. The number of hydrogen-bond acceptors (Lipinski definition) is 5. The van der Waals surface area contributed by atoms with Crippen LogP contribution in [0.25, 0.3) is 0 Å². The van der Waals surface area contributed by atoms with Gasteiger partial charge in [-0.2, -0.15) is 0 Å². The number of nitro groups is 1. The van der Waals surface area contributed by atoms with Crippen molar-refractivity contribution in [1.82, 2.24) is 4.72 Å². The average molecular weight is 398 g/mol. The largest absolute Gasteiger partial charge is 0.322 e. The first-order valence-electron chi connectivity index (χ1n) is 7.48. The summed E-state index contributed by atoms with van der Waals surface area (Å²) in [5, 5.41) is 13.4. The molecular formula is C16H16ClN3O5S. The van der Waals surface area contributed by atoms with Crippen molar-refractivity contribution in [3.05, 3.63) is 63.2 Å². The Bertz CT molecular complexity index is 943. The first-order valence-corrected chi connectivity index (χ1v) is 9.34. The molecule has 0 saturated heterocycles. The van der Waals surface area contributed by atoms with E-state index in [1.165, 1.54) is 36.4 Å². The topological polar surface area (TPSA) is 118 Å². The minimum absolute atomic E-state index is 0.0549. The van der Waals surface area contributed by atoms with Gasteiger partial charge in [-0.05, 0) is 50.2 Å². The fourth-order valence-corrected chi connectivity index (χ4v) is 3.53. The van der Waals surface area contributed by atoms with E-state index in [9.17, 15) is 23.3 Å². The Hall–Kier alpha value is -2.49. The lowest BCUT2D eigenvalue weighted by Crippen LogP contribution is -2.30. The molecule has 8 nitrogen and oxygen atoms in total. The highest BCUT2D eigenvalue weighted by Gasteiger charge is 2.17. The molecule has 2 aromatic carbocycles. The standard InChI is InChI=1S/C16H16ClN3O5S/c1-10(2)19-26(24,25)13-6-4-12(5-7-13)18-16(21)11-3-8-14(17)15(9-11)20(22)23/h3-10,19H,1-2H3,(H,18,21).